The number of benzene rings is 4. The second-order valence-electron chi connectivity index (χ2n) is 31.9. The van der Waals surface area contributed by atoms with Crippen molar-refractivity contribution in [3.8, 4) is 44.8 Å². The number of aromatic amines is 2. The Kier molecular flexibility index (Phi) is 30.9. The highest BCUT2D eigenvalue weighted by molar-refractivity contribution is 6.05. The van der Waals surface area contributed by atoms with Crippen molar-refractivity contribution in [1.29, 1.82) is 0 Å². The smallest absolute Gasteiger partial charge is 0.407 e. The lowest BCUT2D eigenvalue weighted by Gasteiger charge is -2.31. The van der Waals surface area contributed by atoms with Crippen molar-refractivity contribution in [3.63, 3.8) is 0 Å². The SMILES string of the molecule is COC(=O)C[C@@H](CCOC(F)F)C(=O)O.COC(=O)N[C@@H](CCOC(F)F)C(=O)N1CCC[C@H]1c1ncc(-c2ccc(-c3ccc(C4=CN=C([C@@H]5CC6(CN5C(=O)[C@@H](NC(=O)OC)C(C)C)OCCO6)C4)cc3)cc2)[nH]1.COC(=O)N[C@H](C(=O)N1CC2(C[C@H]1C1=NC=C(c3ccc(-c4ccc(-c5cnc(C6CCCC6)[nH]5)cc4)cc3)C1)OCCO2)C(C)C. The zero-order valence-electron chi connectivity index (χ0n) is 70.0. The zero-order valence-corrected chi connectivity index (χ0v) is 70.0. The van der Waals surface area contributed by atoms with Crippen molar-refractivity contribution >= 4 is 70.5 Å². The molecule has 0 radical (unpaired) electrons. The first-order valence-electron chi connectivity index (χ1n) is 41.3. The number of alkyl halides is 4. The molecule has 2 aromatic heterocycles. The number of methoxy groups -OCH3 is 4. The molecule has 14 rings (SSSR count). The number of H-pyrrole nitrogens is 2. The van der Waals surface area contributed by atoms with Crippen molar-refractivity contribution in [3.05, 3.63) is 145 Å². The summed E-state index contributed by atoms with van der Waals surface area (Å²) < 4.78 is 99.2. The quantitative estimate of drug-likeness (QED) is 0.0144. The number of imidazole rings is 2. The molecule has 7 aliphatic heterocycles. The van der Waals surface area contributed by atoms with E-state index in [-0.39, 0.29) is 68.1 Å². The standard InChI is InChI=1S/C43H51F2N7O9.C37H43N5O5.C8H12F2O5/c1-25(2)36(50-42(56)58-4)39(54)52-24-43(60-18-19-61-43)21-35(52)32-20-30(22-46-32)28-9-7-26(8-10-28)27-11-13-29(14-12-27)33-23-47-37(48-33)34-6-5-16-51(34)38(53)31(49-41(55)57-3)15-17-59-40(44)45;1-23(2)33(41-36(44)45-3)35(43)42-22-37(46-16-17-47-37)19-32(42)30-18-29(20-38-30)26-10-8-24(9-11-26)25-12-14-27(15-13-25)31-21-39-34(40-31)28-6-4-5-7-28;1-14-6(11)4-5(7(12)13)2-3-15-8(9)10/h7-14,22-23,25,31,34-36,40H,5-6,15-21,24H2,1-4H3,(H,47,48)(H,49,55)(H,50,56);8-15,20-21,23,28,32-33H,4-7,16-19,22H2,1-3H3,(H,39,40)(H,41,44);5,8H,2-4H2,1H3,(H,12,13)/t31-,34-,35-,36-;32-,33-;5-/m001/s1. The number of aromatic nitrogens is 4. The molecule has 7 atom stereocenters. The first-order chi connectivity index (χ1) is 59.2. The number of aliphatic carboxylic acids is 1. The van der Waals surface area contributed by atoms with Crippen molar-refractivity contribution in [2.45, 2.75) is 178 Å². The van der Waals surface area contributed by atoms with E-state index in [1.54, 1.807) is 20.9 Å². The van der Waals surface area contributed by atoms with Gasteiger partial charge in [-0.25, -0.2) is 24.4 Å². The summed E-state index contributed by atoms with van der Waals surface area (Å²) in [6.45, 7) is 3.56. The van der Waals surface area contributed by atoms with Crippen molar-refractivity contribution in [2.24, 2.45) is 27.7 Å². The van der Waals surface area contributed by atoms with Gasteiger partial charge in [0.15, 0.2) is 11.6 Å². The number of allylic oxidation sites excluding steroid dienone is 2. The Balaban J connectivity index is 0.000000197. The van der Waals surface area contributed by atoms with Crippen LogP contribution in [0.3, 0.4) is 0 Å². The molecule has 9 heterocycles. The Morgan fingerprint density at radius 3 is 1.30 bits per heavy atom. The third kappa shape index (κ3) is 22.8. The number of carboxylic acids is 1. The van der Waals surface area contributed by atoms with E-state index >= 15 is 0 Å². The number of rotatable bonds is 29. The molecule has 0 bridgehead atoms. The van der Waals surface area contributed by atoms with Gasteiger partial charge in [0.2, 0.25) is 17.7 Å². The molecule has 660 valence electrons. The molecule has 6 N–H and O–H groups in total. The first kappa shape index (κ1) is 91.0. The third-order valence-electron chi connectivity index (χ3n) is 23.3. The number of alkyl carbamates (subject to hydrolysis) is 3. The van der Waals surface area contributed by atoms with E-state index in [4.69, 9.17) is 43.5 Å². The van der Waals surface area contributed by atoms with E-state index < -0.39 is 104 Å². The number of esters is 1. The molecular weight excluding hydrogens is 1610 g/mol. The largest absolute Gasteiger partial charge is 0.481 e. The summed E-state index contributed by atoms with van der Waals surface area (Å²) in [5.74, 6) is -3.70. The minimum atomic E-state index is -2.99. The van der Waals surface area contributed by atoms with Gasteiger partial charge in [-0.05, 0) is 99.6 Å². The molecule has 6 aromatic rings. The maximum atomic E-state index is 14.0. The van der Waals surface area contributed by atoms with E-state index in [1.807, 2.05) is 70.6 Å². The van der Waals surface area contributed by atoms with Gasteiger partial charge in [-0.3, -0.25) is 34.0 Å². The number of carbonyl (C=O) groups is 8. The van der Waals surface area contributed by atoms with Gasteiger partial charge in [0, 0.05) is 68.4 Å². The van der Waals surface area contributed by atoms with Crippen LogP contribution in [0.15, 0.2) is 132 Å². The molecule has 6 fully saturated rings. The Hall–Kier alpha value is -11.2. The molecule has 31 nitrogen and oxygen atoms in total. The summed E-state index contributed by atoms with van der Waals surface area (Å²) in [5.41, 5.74) is 14.1. The number of carbonyl (C=O) groups excluding carboxylic acids is 7. The average Bonchev–Trinajstić information content (AvgIpc) is 1.61. The van der Waals surface area contributed by atoms with Crippen LogP contribution in [-0.2, 0) is 71.3 Å². The molecular formula is C88H106F4N12O19. The van der Waals surface area contributed by atoms with E-state index in [9.17, 15) is 55.9 Å². The highest BCUT2D eigenvalue weighted by Crippen LogP contribution is 2.43. The van der Waals surface area contributed by atoms with Crippen LogP contribution in [0, 0.1) is 17.8 Å². The topological polar surface area (TPSA) is 377 Å². The number of nitrogens with one attached hydrogen (secondary N) is 5. The molecule has 4 aromatic carbocycles. The van der Waals surface area contributed by atoms with E-state index in [1.165, 1.54) is 39.9 Å². The normalized spacial score (nSPS) is 19.9. The molecule has 123 heavy (non-hydrogen) atoms. The van der Waals surface area contributed by atoms with Gasteiger partial charge in [-0.15, -0.1) is 0 Å². The molecule has 5 saturated heterocycles. The molecule has 2 spiro atoms. The zero-order chi connectivity index (χ0) is 87.7. The number of aliphatic imine (C=N–C) groups is 2. The summed E-state index contributed by atoms with van der Waals surface area (Å²) >= 11 is 0. The van der Waals surface area contributed by atoms with Gasteiger partial charge in [0.25, 0.3) is 0 Å². The van der Waals surface area contributed by atoms with Crippen LogP contribution in [0.4, 0.5) is 31.9 Å². The number of carboxylic acid groups (broad SMARTS) is 1. The van der Waals surface area contributed by atoms with Crippen molar-refractivity contribution in [2.75, 3.05) is 87.7 Å². The molecule has 35 heteroatoms. The van der Waals surface area contributed by atoms with Crippen LogP contribution >= 0.6 is 0 Å². The van der Waals surface area contributed by atoms with Crippen molar-refractivity contribution in [1.82, 2.24) is 50.6 Å². The number of amides is 6. The minimum Gasteiger partial charge on any atom is -0.481 e. The summed E-state index contributed by atoms with van der Waals surface area (Å²) in [7, 11) is 4.84. The van der Waals surface area contributed by atoms with Crippen LogP contribution < -0.4 is 16.0 Å². The fourth-order valence-electron chi connectivity index (χ4n) is 16.7. The van der Waals surface area contributed by atoms with Crippen molar-refractivity contribution < 1.29 is 108 Å². The predicted octanol–water partition coefficient (Wildman–Crippen LogP) is 12.9. The molecule has 1 saturated carbocycles. The maximum Gasteiger partial charge on any atom is 0.407 e. The Morgan fingerprint density at radius 2 is 0.894 bits per heavy atom. The lowest BCUT2D eigenvalue weighted by Crippen LogP contribution is -2.54. The second kappa shape index (κ2) is 41.8. The Bertz CT molecular complexity index is 4790. The van der Waals surface area contributed by atoms with Gasteiger partial charge in [-0.2, -0.15) is 17.6 Å². The summed E-state index contributed by atoms with van der Waals surface area (Å²) in [6, 6.07) is 29.7. The number of nitrogens with zero attached hydrogens (tertiary/aromatic N) is 7. The Labute approximate surface area is 709 Å². The van der Waals surface area contributed by atoms with Crippen LogP contribution in [0.5, 0.6) is 0 Å². The van der Waals surface area contributed by atoms with Gasteiger partial charge in [0.1, 0.15) is 29.8 Å². The lowest BCUT2D eigenvalue weighted by molar-refractivity contribution is -0.154. The fourth-order valence-corrected chi connectivity index (χ4v) is 16.7. The maximum absolute atomic E-state index is 14.0. The number of ether oxygens (including phenoxy) is 10. The molecule has 8 aliphatic rings. The van der Waals surface area contributed by atoms with Crippen LogP contribution in [0.25, 0.3) is 55.9 Å². The summed E-state index contributed by atoms with van der Waals surface area (Å²) in [5, 5.41) is 16.5. The lowest BCUT2D eigenvalue weighted by atomic mass is 9.95. The van der Waals surface area contributed by atoms with E-state index in [0.29, 0.717) is 83.2 Å². The van der Waals surface area contributed by atoms with Gasteiger partial charge in [0.05, 0.1) is 135 Å². The number of halogens is 4. The van der Waals surface area contributed by atoms with Crippen LogP contribution in [-0.4, -0.2) is 242 Å². The van der Waals surface area contributed by atoms with Crippen LogP contribution in [0.2, 0.25) is 0 Å². The van der Waals surface area contributed by atoms with Gasteiger partial charge >= 0.3 is 43.4 Å². The van der Waals surface area contributed by atoms with Crippen LogP contribution in [0.1, 0.15) is 146 Å². The van der Waals surface area contributed by atoms with E-state index in [2.05, 4.69) is 128 Å². The summed E-state index contributed by atoms with van der Waals surface area (Å²) in [4.78, 5) is 130. The van der Waals surface area contributed by atoms with E-state index in [0.717, 1.165) is 98.5 Å². The predicted molar refractivity (Wildman–Crippen MR) is 442 cm³/mol. The number of likely N-dealkylation sites (tertiary alicyclic amines) is 3. The minimum absolute atomic E-state index is 0.141. The highest BCUT2D eigenvalue weighted by atomic mass is 19.3. The Morgan fingerprint density at radius 1 is 0.496 bits per heavy atom. The number of hydrogen-bond donors (Lipinski definition) is 6. The molecule has 6 amide bonds. The monoisotopic (exact) mass is 1710 g/mol. The number of hydrogen-bond acceptors (Lipinski definition) is 22. The molecule has 1 aliphatic carbocycles. The van der Waals surface area contributed by atoms with Gasteiger partial charge < -0.3 is 93.1 Å². The second-order valence-corrected chi connectivity index (χ2v) is 31.9. The highest BCUT2D eigenvalue weighted by Gasteiger charge is 2.55. The fraction of sp³-hybridized carbons (Fsp3) is 0.500. The average molecular weight is 1710 g/mol. The third-order valence-corrected chi connectivity index (χ3v) is 23.3. The first-order valence-corrected chi connectivity index (χ1v) is 41.3. The summed E-state index contributed by atoms with van der Waals surface area (Å²) in [6.07, 6.45) is 13.1. The van der Waals surface area contributed by atoms with Gasteiger partial charge in [-0.1, -0.05) is 138 Å². The molecule has 0 unspecified atom stereocenters.